The molecule has 14 heteroatoms. The highest BCUT2D eigenvalue weighted by atomic mass is 32.2. The van der Waals surface area contributed by atoms with E-state index in [-0.39, 0.29) is 11.6 Å². The molecule has 1 aromatic carbocycles. The first kappa shape index (κ1) is 22.9. The van der Waals surface area contributed by atoms with Crippen molar-refractivity contribution in [1.29, 1.82) is 0 Å². The summed E-state index contributed by atoms with van der Waals surface area (Å²) in [6.45, 7) is 2.73. The van der Waals surface area contributed by atoms with Crippen molar-refractivity contribution in [2.75, 3.05) is 11.8 Å². The number of hydrogen-bond acceptors (Lipinski definition) is 8. The molecule has 180 valence electrons. The van der Waals surface area contributed by atoms with Gasteiger partial charge >= 0.3 is 0 Å². The van der Waals surface area contributed by atoms with Crippen LogP contribution in [0.15, 0.2) is 53.9 Å². The quantitative estimate of drug-likeness (QED) is 0.349. The van der Waals surface area contributed by atoms with Crippen molar-refractivity contribution in [2.24, 2.45) is 0 Å². The molecule has 5 rings (SSSR count). The van der Waals surface area contributed by atoms with Crippen molar-refractivity contribution < 1.29 is 21.9 Å². The van der Waals surface area contributed by atoms with Gasteiger partial charge in [0.05, 0.1) is 25.2 Å². The van der Waals surface area contributed by atoms with E-state index in [1.165, 1.54) is 30.7 Å². The molecule has 1 N–H and O–H groups in total. The standard InChI is InChI=1S/C21H17F2N7O3S2/c1-3-29-10-13(9-25-29)17-11-30-21(26-17)34-20(27-30)12-6-16(19(33-2)24-8-12)28-35(31,32)18-5-4-14(22)7-15(18)23/h4-11,28H,3H2,1-2H3. The molecule has 35 heavy (non-hydrogen) atoms. The largest absolute Gasteiger partial charge is 0.480 e. The number of ether oxygens (including phenoxy) is 1. The third kappa shape index (κ3) is 4.33. The van der Waals surface area contributed by atoms with Gasteiger partial charge in [-0.25, -0.2) is 31.7 Å². The average molecular weight is 518 g/mol. The Morgan fingerprint density at radius 2 is 1.97 bits per heavy atom. The smallest absolute Gasteiger partial charge is 0.264 e. The van der Waals surface area contributed by atoms with Gasteiger partial charge in [-0.05, 0) is 25.1 Å². The lowest BCUT2D eigenvalue weighted by Crippen LogP contribution is -2.15. The maximum Gasteiger partial charge on any atom is 0.264 e. The summed E-state index contributed by atoms with van der Waals surface area (Å²) in [5.74, 6) is -2.14. The summed E-state index contributed by atoms with van der Waals surface area (Å²) in [5.41, 5.74) is 2.03. The maximum atomic E-state index is 14.1. The third-order valence-corrected chi connectivity index (χ3v) is 7.39. The Morgan fingerprint density at radius 1 is 1.14 bits per heavy atom. The van der Waals surface area contributed by atoms with Crippen LogP contribution in [0.2, 0.25) is 0 Å². The predicted octanol–water partition coefficient (Wildman–Crippen LogP) is 3.82. The Morgan fingerprint density at radius 3 is 2.66 bits per heavy atom. The van der Waals surface area contributed by atoms with E-state index in [9.17, 15) is 17.2 Å². The van der Waals surface area contributed by atoms with Gasteiger partial charge in [0.15, 0.2) is 0 Å². The summed E-state index contributed by atoms with van der Waals surface area (Å²) in [6.07, 6.45) is 6.86. The van der Waals surface area contributed by atoms with Gasteiger partial charge < -0.3 is 4.74 Å². The number of aryl methyl sites for hydroxylation is 1. The molecule has 4 aromatic heterocycles. The van der Waals surface area contributed by atoms with E-state index < -0.39 is 26.6 Å². The summed E-state index contributed by atoms with van der Waals surface area (Å²) in [5, 5.41) is 9.29. The number of benzene rings is 1. The van der Waals surface area contributed by atoms with Crippen molar-refractivity contribution in [1.82, 2.24) is 29.4 Å². The lowest BCUT2D eigenvalue weighted by molar-refractivity contribution is 0.400. The van der Waals surface area contributed by atoms with Crippen molar-refractivity contribution >= 4 is 32.0 Å². The van der Waals surface area contributed by atoms with E-state index in [2.05, 4.69) is 24.9 Å². The van der Waals surface area contributed by atoms with Crippen LogP contribution in [0.5, 0.6) is 5.88 Å². The lowest BCUT2D eigenvalue weighted by atomic mass is 10.3. The Kier molecular flexibility index (Phi) is 5.68. The first-order valence-corrected chi connectivity index (χ1v) is 12.5. The van der Waals surface area contributed by atoms with Gasteiger partial charge in [0.1, 0.15) is 27.2 Å². The van der Waals surface area contributed by atoms with Gasteiger partial charge in [-0.3, -0.25) is 9.40 Å². The number of methoxy groups -OCH3 is 1. The molecule has 0 bridgehead atoms. The third-order valence-electron chi connectivity index (χ3n) is 5.02. The number of halogens is 2. The number of nitrogens with zero attached hydrogens (tertiary/aromatic N) is 6. The molecule has 0 aliphatic carbocycles. The molecule has 0 saturated heterocycles. The van der Waals surface area contributed by atoms with Crippen molar-refractivity contribution in [3.63, 3.8) is 0 Å². The number of aromatic nitrogens is 6. The zero-order chi connectivity index (χ0) is 24.7. The number of anilines is 1. The Bertz CT molecular complexity index is 1630. The van der Waals surface area contributed by atoms with Crippen LogP contribution < -0.4 is 9.46 Å². The van der Waals surface area contributed by atoms with Crippen molar-refractivity contribution in [2.45, 2.75) is 18.4 Å². The van der Waals surface area contributed by atoms with Crippen LogP contribution in [0, 0.1) is 11.6 Å². The Labute approximate surface area is 201 Å². The predicted molar refractivity (Wildman–Crippen MR) is 125 cm³/mol. The average Bonchev–Trinajstić information content (AvgIpc) is 3.53. The summed E-state index contributed by atoms with van der Waals surface area (Å²) in [6, 6.07) is 3.66. The molecular formula is C21H17F2N7O3S2. The topological polar surface area (TPSA) is 116 Å². The number of rotatable bonds is 7. The number of hydrogen-bond donors (Lipinski definition) is 1. The first-order valence-electron chi connectivity index (χ1n) is 10.2. The van der Waals surface area contributed by atoms with Gasteiger partial charge in [-0.15, -0.1) is 0 Å². The fourth-order valence-corrected chi connectivity index (χ4v) is 5.29. The van der Waals surface area contributed by atoms with Crippen LogP contribution in [0.3, 0.4) is 0 Å². The molecule has 0 spiro atoms. The normalized spacial score (nSPS) is 11.8. The van der Waals surface area contributed by atoms with Crippen molar-refractivity contribution in [3.05, 3.63) is 60.7 Å². The second-order valence-electron chi connectivity index (χ2n) is 7.31. The van der Waals surface area contributed by atoms with Crippen LogP contribution in [0.25, 0.3) is 26.8 Å². The van der Waals surface area contributed by atoms with E-state index in [0.29, 0.717) is 21.6 Å². The van der Waals surface area contributed by atoms with E-state index in [4.69, 9.17) is 4.74 Å². The zero-order valence-electron chi connectivity index (χ0n) is 18.3. The van der Waals surface area contributed by atoms with E-state index >= 15 is 0 Å². The fourth-order valence-electron chi connectivity index (χ4n) is 3.32. The fraction of sp³-hybridized carbons (Fsp3) is 0.143. The number of nitrogens with one attached hydrogen (secondary N) is 1. The van der Waals surface area contributed by atoms with Crippen LogP contribution in [0.4, 0.5) is 14.5 Å². The van der Waals surface area contributed by atoms with Crippen LogP contribution in [-0.2, 0) is 16.6 Å². The molecule has 0 fully saturated rings. The summed E-state index contributed by atoms with van der Waals surface area (Å²) < 4.78 is 63.7. The number of pyridine rings is 1. The SMILES string of the molecule is CCn1cc(-c2cn3nc(-c4cnc(OC)c(NS(=O)(=O)c5ccc(F)cc5F)c4)sc3n2)cn1. The molecule has 0 unspecified atom stereocenters. The van der Waals surface area contributed by atoms with Gasteiger partial charge in [0.25, 0.3) is 10.0 Å². The monoisotopic (exact) mass is 517 g/mol. The molecule has 5 aromatic rings. The lowest BCUT2D eigenvalue weighted by Gasteiger charge is -2.12. The second-order valence-corrected chi connectivity index (χ2v) is 9.91. The second kappa shape index (κ2) is 8.70. The molecule has 0 radical (unpaired) electrons. The van der Waals surface area contributed by atoms with Crippen LogP contribution >= 0.6 is 11.3 Å². The van der Waals surface area contributed by atoms with Gasteiger partial charge in [-0.2, -0.15) is 10.2 Å². The number of imidazole rings is 1. The molecule has 0 aliphatic rings. The summed E-state index contributed by atoms with van der Waals surface area (Å²) in [7, 11) is -3.08. The minimum absolute atomic E-state index is 0.0311. The highest BCUT2D eigenvalue weighted by molar-refractivity contribution is 7.92. The molecule has 0 aliphatic heterocycles. The van der Waals surface area contributed by atoms with Crippen molar-refractivity contribution in [3.8, 4) is 27.7 Å². The highest BCUT2D eigenvalue weighted by Gasteiger charge is 2.23. The minimum atomic E-state index is -4.40. The van der Waals surface area contributed by atoms with Gasteiger partial charge in [0, 0.05) is 36.1 Å². The minimum Gasteiger partial charge on any atom is -0.480 e. The Balaban J connectivity index is 1.47. The molecular weight excluding hydrogens is 500 g/mol. The van der Waals surface area contributed by atoms with Crippen LogP contribution in [0.1, 0.15) is 6.92 Å². The molecule has 0 amide bonds. The van der Waals surface area contributed by atoms with E-state index in [1.807, 2.05) is 13.1 Å². The first-order chi connectivity index (χ1) is 16.8. The summed E-state index contributed by atoms with van der Waals surface area (Å²) >= 11 is 1.27. The van der Waals surface area contributed by atoms with Gasteiger partial charge in [-0.1, -0.05) is 11.3 Å². The summed E-state index contributed by atoms with van der Waals surface area (Å²) in [4.78, 5) is 8.63. The zero-order valence-corrected chi connectivity index (χ0v) is 19.9. The maximum absolute atomic E-state index is 14.1. The molecule has 0 atom stereocenters. The highest BCUT2D eigenvalue weighted by Crippen LogP contribution is 2.33. The molecule has 10 nitrogen and oxygen atoms in total. The Hall–Kier alpha value is -3.91. The van der Waals surface area contributed by atoms with Crippen LogP contribution in [-0.4, -0.2) is 44.9 Å². The van der Waals surface area contributed by atoms with E-state index in [0.717, 1.165) is 29.9 Å². The molecule has 4 heterocycles. The number of sulfonamides is 1. The van der Waals surface area contributed by atoms with E-state index in [1.54, 1.807) is 21.6 Å². The van der Waals surface area contributed by atoms with Gasteiger partial charge in [0.2, 0.25) is 10.8 Å². The molecule has 0 saturated carbocycles. The number of fused-ring (bicyclic) bond motifs is 1.